The summed E-state index contributed by atoms with van der Waals surface area (Å²) in [5.74, 6) is 1.39. The first-order chi connectivity index (χ1) is 5.74. The summed E-state index contributed by atoms with van der Waals surface area (Å²) in [7, 11) is 0. The molecular weight excluding hydrogens is 260 g/mol. The molecule has 0 unspecified atom stereocenters. The fourth-order valence-electron chi connectivity index (χ4n) is 0.748. The third kappa shape index (κ3) is 2.88. The number of thiol groups is 1. The Bertz CT molecular complexity index is 267. The predicted molar refractivity (Wildman–Crippen MR) is 58.5 cm³/mol. The largest absolute Gasteiger partial charge is 0.491 e. The van der Waals surface area contributed by atoms with E-state index in [1.165, 1.54) is 0 Å². The first-order valence-electron chi connectivity index (χ1n) is 3.43. The minimum atomic E-state index is 0.574. The van der Waals surface area contributed by atoms with Gasteiger partial charge in [0.05, 0.1) is 11.6 Å². The van der Waals surface area contributed by atoms with Crippen LogP contribution in [0.2, 0.25) is 5.02 Å². The van der Waals surface area contributed by atoms with Gasteiger partial charge in [0.1, 0.15) is 5.75 Å². The van der Waals surface area contributed by atoms with Gasteiger partial charge in [0.15, 0.2) is 0 Å². The lowest BCUT2D eigenvalue weighted by atomic mass is 10.3. The van der Waals surface area contributed by atoms with Crippen LogP contribution in [0.4, 0.5) is 0 Å². The lowest BCUT2D eigenvalue weighted by Crippen LogP contribution is -1.98. The van der Waals surface area contributed by atoms with Crippen molar-refractivity contribution < 1.29 is 4.74 Å². The van der Waals surface area contributed by atoms with Crippen LogP contribution >= 0.6 is 40.2 Å². The van der Waals surface area contributed by atoms with Crippen molar-refractivity contribution in [2.24, 2.45) is 0 Å². The molecule has 0 saturated heterocycles. The van der Waals surface area contributed by atoms with Crippen molar-refractivity contribution in [1.82, 2.24) is 0 Å². The number of benzene rings is 1. The Morgan fingerprint density at radius 1 is 1.50 bits per heavy atom. The monoisotopic (exact) mass is 266 g/mol. The smallest absolute Gasteiger partial charge is 0.138 e. The average Bonchev–Trinajstić information content (AvgIpc) is 2.03. The normalized spacial score (nSPS) is 9.92. The second-order valence-electron chi connectivity index (χ2n) is 2.15. The maximum absolute atomic E-state index is 5.89. The van der Waals surface area contributed by atoms with E-state index in [4.69, 9.17) is 16.3 Å². The Hall–Kier alpha value is 0.140. The molecule has 0 saturated carbocycles. The molecule has 0 heterocycles. The molecule has 0 spiro atoms. The first kappa shape index (κ1) is 10.2. The third-order valence-corrected chi connectivity index (χ3v) is 2.21. The second-order valence-corrected chi connectivity index (χ2v) is 3.92. The average molecular weight is 268 g/mol. The highest BCUT2D eigenvalue weighted by Gasteiger charge is 2.00. The minimum Gasteiger partial charge on any atom is -0.491 e. The Morgan fingerprint density at radius 2 is 2.25 bits per heavy atom. The summed E-state index contributed by atoms with van der Waals surface area (Å²) in [5.41, 5.74) is 0. The van der Waals surface area contributed by atoms with E-state index in [2.05, 4.69) is 28.6 Å². The molecule has 1 nitrogen and oxygen atoms in total. The molecule has 4 heteroatoms. The number of halogens is 2. The van der Waals surface area contributed by atoms with Crippen LogP contribution in [-0.4, -0.2) is 12.4 Å². The number of hydrogen-bond acceptors (Lipinski definition) is 2. The van der Waals surface area contributed by atoms with Crippen LogP contribution in [0.15, 0.2) is 22.7 Å². The maximum atomic E-state index is 5.89. The highest BCUT2D eigenvalue weighted by molar-refractivity contribution is 9.10. The molecular formula is C8H8BrClOS. The minimum absolute atomic E-state index is 0.574. The second kappa shape index (κ2) is 5.00. The summed E-state index contributed by atoms with van der Waals surface area (Å²) in [6.07, 6.45) is 0. The van der Waals surface area contributed by atoms with Gasteiger partial charge >= 0.3 is 0 Å². The molecule has 1 rings (SSSR count). The van der Waals surface area contributed by atoms with Gasteiger partial charge in [-0.1, -0.05) is 27.5 Å². The molecule has 0 amide bonds. The predicted octanol–water partition coefficient (Wildman–Crippen LogP) is 3.41. The van der Waals surface area contributed by atoms with Crippen LogP contribution in [0, 0.1) is 0 Å². The SMILES string of the molecule is SCCOc1ccc(Br)cc1Cl. The zero-order chi connectivity index (χ0) is 8.97. The molecule has 0 fully saturated rings. The summed E-state index contributed by atoms with van der Waals surface area (Å²) in [6.45, 7) is 0.574. The summed E-state index contributed by atoms with van der Waals surface area (Å²) < 4.78 is 6.26. The van der Waals surface area contributed by atoms with Crippen molar-refractivity contribution in [1.29, 1.82) is 0 Å². The third-order valence-electron chi connectivity index (χ3n) is 1.24. The first-order valence-corrected chi connectivity index (χ1v) is 5.23. The molecule has 0 aliphatic rings. The van der Waals surface area contributed by atoms with Crippen molar-refractivity contribution in [3.05, 3.63) is 27.7 Å². The van der Waals surface area contributed by atoms with Gasteiger partial charge in [0.2, 0.25) is 0 Å². The molecule has 12 heavy (non-hydrogen) atoms. The van der Waals surface area contributed by atoms with Gasteiger partial charge in [-0.05, 0) is 18.2 Å². The molecule has 0 radical (unpaired) electrons. The topological polar surface area (TPSA) is 9.23 Å². The maximum Gasteiger partial charge on any atom is 0.138 e. The molecule has 1 aromatic carbocycles. The lowest BCUT2D eigenvalue weighted by Gasteiger charge is -2.05. The van der Waals surface area contributed by atoms with Gasteiger partial charge in [-0.25, -0.2) is 0 Å². The Balaban J connectivity index is 2.72. The van der Waals surface area contributed by atoms with E-state index in [9.17, 15) is 0 Å². The summed E-state index contributed by atoms with van der Waals surface area (Å²) in [6, 6.07) is 5.52. The standard InChI is InChI=1S/C8H8BrClOS/c9-6-1-2-8(7(10)5-6)11-3-4-12/h1-2,5,12H,3-4H2. The number of rotatable bonds is 3. The molecule has 0 bridgehead atoms. The molecule has 0 atom stereocenters. The number of ether oxygens (including phenoxy) is 1. The molecule has 0 N–H and O–H groups in total. The Morgan fingerprint density at radius 3 is 2.83 bits per heavy atom. The van der Waals surface area contributed by atoms with E-state index < -0.39 is 0 Å². The van der Waals surface area contributed by atoms with E-state index in [0.29, 0.717) is 23.1 Å². The van der Waals surface area contributed by atoms with Crippen molar-refractivity contribution in [2.75, 3.05) is 12.4 Å². The molecule has 1 aromatic rings. The van der Waals surface area contributed by atoms with Gasteiger partial charge in [0.25, 0.3) is 0 Å². The number of hydrogen-bond donors (Lipinski definition) is 1. The summed E-state index contributed by atoms with van der Waals surface area (Å²) in [4.78, 5) is 0. The van der Waals surface area contributed by atoms with E-state index in [1.54, 1.807) is 6.07 Å². The quantitative estimate of drug-likeness (QED) is 0.826. The van der Waals surface area contributed by atoms with Crippen LogP contribution in [0.5, 0.6) is 5.75 Å². The van der Waals surface area contributed by atoms with E-state index in [0.717, 1.165) is 4.47 Å². The highest BCUT2D eigenvalue weighted by Crippen LogP contribution is 2.27. The van der Waals surface area contributed by atoms with Crippen LogP contribution in [0.1, 0.15) is 0 Å². The fraction of sp³-hybridized carbons (Fsp3) is 0.250. The van der Waals surface area contributed by atoms with Crippen LogP contribution in [0.3, 0.4) is 0 Å². The van der Waals surface area contributed by atoms with Crippen LogP contribution < -0.4 is 4.74 Å². The van der Waals surface area contributed by atoms with E-state index in [1.807, 2.05) is 12.1 Å². The van der Waals surface area contributed by atoms with E-state index in [-0.39, 0.29) is 0 Å². The summed E-state index contributed by atoms with van der Waals surface area (Å²) in [5, 5.41) is 0.617. The molecule has 0 aliphatic heterocycles. The van der Waals surface area contributed by atoms with Gasteiger partial charge in [-0.3, -0.25) is 0 Å². The van der Waals surface area contributed by atoms with Crippen LogP contribution in [0.25, 0.3) is 0 Å². The summed E-state index contributed by atoms with van der Waals surface area (Å²) >= 11 is 13.2. The van der Waals surface area contributed by atoms with Gasteiger partial charge in [-0.15, -0.1) is 0 Å². The van der Waals surface area contributed by atoms with Crippen molar-refractivity contribution in [3.63, 3.8) is 0 Å². The van der Waals surface area contributed by atoms with Gasteiger partial charge < -0.3 is 4.74 Å². The highest BCUT2D eigenvalue weighted by atomic mass is 79.9. The molecule has 66 valence electrons. The van der Waals surface area contributed by atoms with Crippen molar-refractivity contribution in [2.45, 2.75) is 0 Å². The van der Waals surface area contributed by atoms with Gasteiger partial charge in [0, 0.05) is 10.2 Å². The molecule has 0 aromatic heterocycles. The van der Waals surface area contributed by atoms with E-state index >= 15 is 0 Å². The Kier molecular flexibility index (Phi) is 4.26. The van der Waals surface area contributed by atoms with Crippen molar-refractivity contribution >= 4 is 40.2 Å². The van der Waals surface area contributed by atoms with Crippen LogP contribution in [-0.2, 0) is 0 Å². The lowest BCUT2D eigenvalue weighted by molar-refractivity contribution is 0.344. The zero-order valence-corrected chi connectivity index (χ0v) is 9.49. The molecule has 0 aliphatic carbocycles. The zero-order valence-electron chi connectivity index (χ0n) is 6.26. The fourth-order valence-corrected chi connectivity index (χ4v) is 1.57. The van der Waals surface area contributed by atoms with Gasteiger partial charge in [-0.2, -0.15) is 12.6 Å². The van der Waals surface area contributed by atoms with Crippen molar-refractivity contribution in [3.8, 4) is 5.75 Å². The Labute approximate surface area is 90.6 Å².